The molecule has 2 amide bonds. The maximum Gasteiger partial charge on any atom is 0.262 e. The molecule has 210 valence electrons. The number of anilines is 1. The van der Waals surface area contributed by atoms with Crippen molar-refractivity contribution in [3.05, 3.63) is 89.2 Å². The van der Waals surface area contributed by atoms with Crippen LogP contribution in [0.5, 0.6) is 11.5 Å². The fraction of sp³-hybridized carbons (Fsp3) is 0.355. The molecular formula is C31H32F2N2O5. The molecule has 1 fully saturated rings. The van der Waals surface area contributed by atoms with Crippen molar-refractivity contribution in [3.8, 4) is 11.5 Å². The lowest BCUT2D eigenvalue weighted by Gasteiger charge is -2.37. The Morgan fingerprint density at radius 3 is 2.38 bits per heavy atom. The van der Waals surface area contributed by atoms with Crippen LogP contribution in [0, 0.1) is 11.7 Å². The fourth-order valence-corrected chi connectivity index (χ4v) is 5.39. The number of nitrogens with zero attached hydrogens (tertiary/aromatic N) is 1. The molecule has 0 bridgehead atoms. The van der Waals surface area contributed by atoms with Crippen LogP contribution in [-0.2, 0) is 9.53 Å². The molecule has 3 aromatic rings. The van der Waals surface area contributed by atoms with Crippen molar-refractivity contribution in [1.29, 1.82) is 0 Å². The van der Waals surface area contributed by atoms with E-state index in [1.54, 1.807) is 18.2 Å². The van der Waals surface area contributed by atoms with E-state index in [-0.39, 0.29) is 42.7 Å². The quantitative estimate of drug-likeness (QED) is 0.351. The first kappa shape index (κ1) is 27.6. The van der Waals surface area contributed by atoms with Crippen molar-refractivity contribution in [1.82, 2.24) is 4.90 Å². The summed E-state index contributed by atoms with van der Waals surface area (Å²) in [5.74, 6) is 0.898. The van der Waals surface area contributed by atoms with Crippen molar-refractivity contribution >= 4 is 17.5 Å². The Labute approximate surface area is 232 Å². The topological polar surface area (TPSA) is 77.1 Å². The monoisotopic (exact) mass is 550 g/mol. The van der Waals surface area contributed by atoms with Gasteiger partial charge in [-0.25, -0.2) is 8.78 Å². The van der Waals surface area contributed by atoms with Crippen LogP contribution in [0.25, 0.3) is 0 Å². The number of halogens is 2. The summed E-state index contributed by atoms with van der Waals surface area (Å²) in [6.45, 7) is 1.33. The summed E-state index contributed by atoms with van der Waals surface area (Å²) in [5.41, 5.74) is 3.12. The first-order valence-corrected chi connectivity index (χ1v) is 13.5. The van der Waals surface area contributed by atoms with Crippen LogP contribution in [0.3, 0.4) is 0 Å². The fourth-order valence-electron chi connectivity index (χ4n) is 5.39. The van der Waals surface area contributed by atoms with Crippen LogP contribution in [0.2, 0.25) is 0 Å². The van der Waals surface area contributed by atoms with Crippen LogP contribution < -0.4 is 14.8 Å². The predicted octanol–water partition coefficient (Wildman–Crippen LogP) is 5.21. The molecule has 1 saturated heterocycles. The van der Waals surface area contributed by atoms with Crippen LogP contribution in [0.1, 0.15) is 40.2 Å². The minimum Gasteiger partial charge on any atom is -0.491 e. The van der Waals surface area contributed by atoms with Gasteiger partial charge in [0.1, 0.15) is 30.6 Å². The molecule has 3 aromatic carbocycles. The smallest absolute Gasteiger partial charge is 0.262 e. The zero-order chi connectivity index (χ0) is 27.9. The Balaban J connectivity index is 1.26. The molecule has 40 heavy (non-hydrogen) atoms. The number of piperidine rings is 1. The molecule has 1 N–H and O–H groups in total. The lowest BCUT2D eigenvalue weighted by molar-refractivity contribution is -0.118. The summed E-state index contributed by atoms with van der Waals surface area (Å²) in [6.07, 6.45) is 1.56. The Hall–Kier alpha value is -3.98. The summed E-state index contributed by atoms with van der Waals surface area (Å²) in [5, 5.41) is 2.75. The number of hydrogen-bond acceptors (Lipinski definition) is 5. The molecule has 2 heterocycles. The molecule has 7 nitrogen and oxygen atoms in total. The number of amides is 2. The van der Waals surface area contributed by atoms with Gasteiger partial charge in [0.05, 0.1) is 18.9 Å². The van der Waals surface area contributed by atoms with Crippen molar-refractivity contribution in [2.75, 3.05) is 51.5 Å². The highest BCUT2D eigenvalue weighted by atomic mass is 19.1. The molecule has 2 aliphatic rings. The normalized spacial score (nSPS) is 16.1. The van der Waals surface area contributed by atoms with Crippen molar-refractivity contribution < 1.29 is 32.6 Å². The van der Waals surface area contributed by atoms with E-state index in [4.69, 9.17) is 14.2 Å². The second-order valence-corrected chi connectivity index (χ2v) is 9.93. The minimum absolute atomic E-state index is 0.0240. The van der Waals surface area contributed by atoms with E-state index in [9.17, 15) is 18.4 Å². The van der Waals surface area contributed by atoms with Gasteiger partial charge in [-0.2, -0.15) is 0 Å². The summed E-state index contributed by atoms with van der Waals surface area (Å²) >= 11 is 0. The third-order valence-corrected chi connectivity index (χ3v) is 7.34. The predicted molar refractivity (Wildman–Crippen MR) is 146 cm³/mol. The van der Waals surface area contributed by atoms with E-state index in [1.165, 1.54) is 12.1 Å². The van der Waals surface area contributed by atoms with Gasteiger partial charge in [-0.05, 0) is 72.4 Å². The second kappa shape index (κ2) is 12.9. The SMILES string of the molecule is O=C1COc2ccc(C(=O)N3CCC([C@@H](c4ccc(F)cc4)c4ccc(OCCOCCF)cc4)CC3)cc2N1. The van der Waals surface area contributed by atoms with E-state index in [2.05, 4.69) is 5.32 Å². The molecule has 0 saturated carbocycles. The number of carbonyl (C=O) groups is 2. The number of rotatable bonds is 10. The minimum atomic E-state index is -0.518. The number of carbonyl (C=O) groups excluding carboxylic acids is 2. The lowest BCUT2D eigenvalue weighted by Crippen LogP contribution is -2.40. The molecule has 2 aliphatic heterocycles. The number of nitrogens with one attached hydrogen (secondary N) is 1. The van der Waals surface area contributed by atoms with E-state index >= 15 is 0 Å². The highest BCUT2D eigenvalue weighted by molar-refractivity contribution is 5.99. The highest BCUT2D eigenvalue weighted by Crippen LogP contribution is 2.39. The molecule has 0 aromatic heterocycles. The summed E-state index contributed by atoms with van der Waals surface area (Å²) in [4.78, 5) is 26.8. The molecule has 0 aliphatic carbocycles. The standard InChI is InChI=1S/C31H32F2N2O5/c32-13-16-38-17-18-39-26-8-3-22(4-9-26)30(21-1-6-25(33)7-2-21)23-11-14-35(15-12-23)31(37)24-5-10-28-27(19-24)34-29(36)20-40-28/h1-10,19,23,30H,11-18,20H2,(H,34,36)/t30-/m0/s1. The number of ether oxygens (including phenoxy) is 3. The number of fused-ring (bicyclic) bond motifs is 1. The molecule has 1 atom stereocenters. The molecule has 0 radical (unpaired) electrons. The van der Waals surface area contributed by atoms with Gasteiger partial charge >= 0.3 is 0 Å². The van der Waals surface area contributed by atoms with Gasteiger partial charge in [0.15, 0.2) is 6.61 Å². The highest BCUT2D eigenvalue weighted by Gasteiger charge is 2.31. The Bertz CT molecular complexity index is 1310. The van der Waals surface area contributed by atoms with Crippen molar-refractivity contribution in [3.63, 3.8) is 0 Å². The molecule has 0 unspecified atom stereocenters. The Morgan fingerprint density at radius 2 is 1.68 bits per heavy atom. The van der Waals surface area contributed by atoms with Crippen molar-refractivity contribution in [2.45, 2.75) is 18.8 Å². The van der Waals surface area contributed by atoms with Crippen LogP contribution in [0.4, 0.5) is 14.5 Å². The first-order chi connectivity index (χ1) is 19.5. The number of hydrogen-bond donors (Lipinski definition) is 1. The zero-order valence-corrected chi connectivity index (χ0v) is 22.1. The summed E-state index contributed by atoms with van der Waals surface area (Å²) in [6, 6.07) is 19.6. The van der Waals surface area contributed by atoms with E-state index in [0.29, 0.717) is 49.1 Å². The van der Waals surface area contributed by atoms with Gasteiger partial charge in [-0.1, -0.05) is 24.3 Å². The van der Waals surface area contributed by atoms with Gasteiger partial charge in [-0.15, -0.1) is 0 Å². The summed E-state index contributed by atoms with van der Waals surface area (Å²) in [7, 11) is 0. The van der Waals surface area contributed by atoms with Crippen molar-refractivity contribution in [2.24, 2.45) is 5.92 Å². The second-order valence-electron chi connectivity index (χ2n) is 9.93. The van der Waals surface area contributed by atoms with E-state index < -0.39 is 6.67 Å². The molecule has 5 rings (SSSR count). The largest absolute Gasteiger partial charge is 0.491 e. The average molecular weight is 551 g/mol. The maximum absolute atomic E-state index is 13.7. The third kappa shape index (κ3) is 6.59. The van der Waals surface area contributed by atoms with Gasteiger partial charge in [0.25, 0.3) is 11.8 Å². The van der Waals surface area contributed by atoms with Gasteiger partial charge < -0.3 is 24.4 Å². The number of benzene rings is 3. The molecule has 9 heteroatoms. The Kier molecular flexibility index (Phi) is 8.91. The average Bonchev–Trinajstić information content (AvgIpc) is 2.98. The molecule has 0 spiro atoms. The van der Waals surface area contributed by atoms with Gasteiger partial charge in [-0.3, -0.25) is 9.59 Å². The van der Waals surface area contributed by atoms with Crippen LogP contribution in [-0.4, -0.2) is 62.9 Å². The Morgan fingerprint density at radius 1 is 0.975 bits per heavy atom. The lowest BCUT2D eigenvalue weighted by atomic mass is 9.76. The number of alkyl halides is 1. The van der Waals surface area contributed by atoms with E-state index in [1.807, 2.05) is 41.3 Å². The maximum atomic E-state index is 13.7. The third-order valence-electron chi connectivity index (χ3n) is 7.34. The molecular weight excluding hydrogens is 518 g/mol. The van der Waals surface area contributed by atoms with Gasteiger partial charge in [0.2, 0.25) is 0 Å². The number of likely N-dealkylation sites (tertiary alicyclic amines) is 1. The van der Waals surface area contributed by atoms with Crippen LogP contribution >= 0.6 is 0 Å². The van der Waals surface area contributed by atoms with Crippen LogP contribution in [0.15, 0.2) is 66.7 Å². The zero-order valence-electron chi connectivity index (χ0n) is 22.1. The van der Waals surface area contributed by atoms with Gasteiger partial charge in [0, 0.05) is 24.6 Å². The first-order valence-electron chi connectivity index (χ1n) is 13.5. The van der Waals surface area contributed by atoms with E-state index in [0.717, 1.165) is 24.0 Å². The summed E-state index contributed by atoms with van der Waals surface area (Å²) < 4.78 is 42.1.